The van der Waals surface area contributed by atoms with E-state index in [0.29, 0.717) is 5.92 Å². The lowest BCUT2D eigenvalue weighted by atomic mass is 9.91. The molecule has 1 atom stereocenters. The summed E-state index contributed by atoms with van der Waals surface area (Å²) < 4.78 is 0. The molecule has 0 aliphatic rings. The Kier molecular flexibility index (Phi) is 71.6. The number of carbonyl (C=O) groups excluding carboxylic acids is 1. The van der Waals surface area contributed by atoms with Crippen molar-refractivity contribution in [2.45, 2.75) is 287 Å². The van der Waals surface area contributed by atoms with E-state index in [-0.39, 0.29) is 0 Å². The Balaban J connectivity index is -0.000000293. The number of allylic oxidation sites excluding steroid dienone is 2. The molecule has 0 spiro atoms. The standard InChI is InChI=1S/C30H60N2.C12H26.C11H24.C2H4.CH2O/c1-6-9-12-15-18-21-24-27-30(26-23-20-17-14-11-8-3)29(4)32(31-5)28-25-22-19-16-13-10-7-2;1-4-7-10-12(9-6-3)11-8-5-2;1-4-7-9-11(6-3)10-8-5-2;2*1-2/h6,30-31H,1,4,7-28H2,2-3,5H3;12H,4-11H2,1-3H3;11H,4-10H2,1-3H3;1-2H2;1H2. The minimum Gasteiger partial charge on any atom is -0.313 e. The Morgan fingerprint density at radius 3 is 1.17 bits per heavy atom. The summed E-state index contributed by atoms with van der Waals surface area (Å²) in [4.78, 5) is 8.00. The molecule has 0 aliphatic carbocycles. The van der Waals surface area contributed by atoms with Crippen LogP contribution in [0.2, 0.25) is 0 Å². The minimum atomic E-state index is 0.645. The number of nitrogens with one attached hydrogen (secondary N) is 1. The third kappa shape index (κ3) is 54.6. The van der Waals surface area contributed by atoms with Crippen LogP contribution in [-0.2, 0) is 4.79 Å². The molecule has 0 aromatic rings. The first kappa shape index (κ1) is 66.7. The number of hydrazine groups is 1. The molecule has 0 radical (unpaired) electrons. The first-order chi connectivity index (χ1) is 28.9. The molecule has 3 nitrogen and oxygen atoms in total. The molecule has 0 saturated carbocycles. The summed E-state index contributed by atoms with van der Waals surface area (Å²) in [5, 5.41) is 2.37. The van der Waals surface area contributed by atoms with Gasteiger partial charge in [0.05, 0.1) is 0 Å². The average molecular weight is 834 g/mol. The van der Waals surface area contributed by atoms with Gasteiger partial charge in [-0.25, -0.2) is 5.43 Å². The monoisotopic (exact) mass is 833 g/mol. The Morgan fingerprint density at radius 1 is 0.458 bits per heavy atom. The van der Waals surface area contributed by atoms with E-state index >= 15 is 0 Å². The highest BCUT2D eigenvalue weighted by Gasteiger charge is 2.17. The molecule has 356 valence electrons. The number of hydrogen-bond acceptors (Lipinski definition) is 3. The van der Waals surface area contributed by atoms with Crippen molar-refractivity contribution in [2.75, 3.05) is 13.6 Å². The van der Waals surface area contributed by atoms with Gasteiger partial charge in [-0.3, -0.25) is 0 Å². The van der Waals surface area contributed by atoms with Crippen LogP contribution in [0.5, 0.6) is 0 Å². The van der Waals surface area contributed by atoms with Gasteiger partial charge in [-0.2, -0.15) is 0 Å². The second-order valence-electron chi connectivity index (χ2n) is 17.4. The first-order valence-electron chi connectivity index (χ1n) is 26.4. The number of rotatable bonds is 41. The van der Waals surface area contributed by atoms with Gasteiger partial charge in [0.2, 0.25) is 0 Å². The lowest BCUT2D eigenvalue weighted by molar-refractivity contribution is -0.0980. The molecule has 0 bridgehead atoms. The Bertz CT molecular complexity index is 719. The predicted molar refractivity (Wildman–Crippen MR) is 276 cm³/mol. The summed E-state index contributed by atoms with van der Waals surface area (Å²) in [6, 6.07) is 0. The van der Waals surface area contributed by atoms with Gasteiger partial charge in [0, 0.05) is 19.3 Å². The molecule has 1 unspecified atom stereocenters. The zero-order valence-corrected chi connectivity index (χ0v) is 42.9. The predicted octanol–water partition coefficient (Wildman–Crippen LogP) is 19.8. The van der Waals surface area contributed by atoms with Gasteiger partial charge in [0.15, 0.2) is 0 Å². The van der Waals surface area contributed by atoms with Crippen molar-refractivity contribution < 1.29 is 4.79 Å². The second kappa shape index (κ2) is 63.3. The highest BCUT2D eigenvalue weighted by Crippen LogP contribution is 2.27. The Labute approximate surface area is 376 Å². The molecule has 0 rings (SSSR count). The Morgan fingerprint density at radius 2 is 0.814 bits per heavy atom. The van der Waals surface area contributed by atoms with Crippen molar-refractivity contribution in [3.8, 4) is 0 Å². The van der Waals surface area contributed by atoms with Crippen LogP contribution >= 0.6 is 0 Å². The van der Waals surface area contributed by atoms with Gasteiger partial charge in [0.25, 0.3) is 0 Å². The fourth-order valence-electron chi connectivity index (χ4n) is 8.07. The number of hydrogen-bond donors (Lipinski definition) is 1. The number of nitrogens with zero attached hydrogens (tertiary/aromatic N) is 1. The van der Waals surface area contributed by atoms with E-state index < -0.39 is 0 Å². The van der Waals surface area contributed by atoms with E-state index in [4.69, 9.17) is 4.79 Å². The van der Waals surface area contributed by atoms with Crippen molar-refractivity contribution in [1.82, 2.24) is 10.4 Å². The average Bonchev–Trinajstić information content (AvgIpc) is 3.27. The molecular formula is C56H116N2O. The van der Waals surface area contributed by atoms with Gasteiger partial charge < -0.3 is 9.80 Å². The largest absolute Gasteiger partial charge is 0.313 e. The van der Waals surface area contributed by atoms with Crippen LogP contribution in [0.1, 0.15) is 287 Å². The normalized spacial score (nSPS) is 11.0. The van der Waals surface area contributed by atoms with Crippen molar-refractivity contribution in [3.05, 3.63) is 38.1 Å². The van der Waals surface area contributed by atoms with Crippen LogP contribution in [0, 0.1) is 17.8 Å². The highest BCUT2D eigenvalue weighted by molar-refractivity contribution is 5.11. The van der Waals surface area contributed by atoms with Crippen LogP contribution in [-0.4, -0.2) is 25.4 Å². The lowest BCUT2D eigenvalue weighted by Gasteiger charge is -2.31. The van der Waals surface area contributed by atoms with Crippen molar-refractivity contribution in [1.29, 1.82) is 0 Å². The first-order valence-corrected chi connectivity index (χ1v) is 26.4. The van der Waals surface area contributed by atoms with Crippen LogP contribution in [0.25, 0.3) is 0 Å². The van der Waals surface area contributed by atoms with Crippen LogP contribution in [0.4, 0.5) is 0 Å². The van der Waals surface area contributed by atoms with E-state index in [9.17, 15) is 0 Å². The SMILES string of the molecule is C=C.C=CCCCCCCCC(CCCCCCCC)C(=C)N(CCCCCCCCC)NC.C=O.CCCCC(CC)CCCC.CCCCC(CCC)CCCC. The third-order valence-corrected chi connectivity index (χ3v) is 12.1. The smallest absolute Gasteiger partial charge is 0.106 e. The molecule has 0 heterocycles. The third-order valence-electron chi connectivity index (χ3n) is 12.1. The lowest BCUT2D eigenvalue weighted by Crippen LogP contribution is -2.37. The summed E-state index contributed by atoms with van der Waals surface area (Å²) in [5.74, 6) is 2.70. The molecule has 0 saturated heterocycles. The van der Waals surface area contributed by atoms with Crippen LogP contribution in [0.3, 0.4) is 0 Å². The number of carbonyl (C=O) groups is 1. The molecule has 3 heteroatoms. The van der Waals surface area contributed by atoms with Crippen molar-refractivity contribution >= 4 is 6.79 Å². The van der Waals surface area contributed by atoms with Gasteiger partial charge in [-0.15, -0.1) is 19.7 Å². The van der Waals surface area contributed by atoms with E-state index in [1.54, 1.807) is 0 Å². The Hall–Kier alpha value is -1.35. The summed E-state index contributed by atoms with van der Waals surface area (Å²) >= 11 is 0. The highest BCUT2D eigenvalue weighted by atomic mass is 16.1. The van der Waals surface area contributed by atoms with Gasteiger partial charge in [-0.1, -0.05) is 267 Å². The summed E-state index contributed by atoms with van der Waals surface area (Å²) in [6.45, 7) is 35.9. The summed E-state index contributed by atoms with van der Waals surface area (Å²) in [6.07, 6.45) is 51.8. The summed E-state index contributed by atoms with van der Waals surface area (Å²) in [7, 11) is 2.08. The maximum absolute atomic E-state index is 8.00. The topological polar surface area (TPSA) is 32.3 Å². The zero-order chi connectivity index (χ0) is 45.5. The van der Waals surface area contributed by atoms with Crippen molar-refractivity contribution in [2.24, 2.45) is 17.8 Å². The molecule has 1 N–H and O–H groups in total. The molecule has 0 fully saturated rings. The minimum absolute atomic E-state index is 0.645. The quantitative estimate of drug-likeness (QED) is 0.0378. The maximum atomic E-state index is 8.00. The van der Waals surface area contributed by atoms with Gasteiger partial charge >= 0.3 is 0 Å². The molecule has 0 aromatic carbocycles. The fourth-order valence-corrected chi connectivity index (χ4v) is 8.07. The molecule has 0 amide bonds. The zero-order valence-electron chi connectivity index (χ0n) is 42.9. The van der Waals surface area contributed by atoms with E-state index in [1.807, 2.05) is 6.79 Å². The molecular weight excluding hydrogens is 717 g/mol. The van der Waals surface area contributed by atoms with Crippen molar-refractivity contribution in [3.63, 3.8) is 0 Å². The maximum Gasteiger partial charge on any atom is 0.106 e. The number of unbranched alkanes of at least 4 members (excludes halogenated alkanes) is 20. The summed E-state index contributed by atoms with van der Waals surface area (Å²) in [5.41, 5.74) is 4.81. The molecule has 0 aromatic heterocycles. The fraction of sp³-hybridized carbons (Fsp3) is 0.875. The van der Waals surface area contributed by atoms with Crippen LogP contribution in [0.15, 0.2) is 38.1 Å². The van der Waals surface area contributed by atoms with Gasteiger partial charge in [0.1, 0.15) is 6.79 Å². The second-order valence-corrected chi connectivity index (χ2v) is 17.4. The van der Waals surface area contributed by atoms with E-state index in [1.165, 1.54) is 237 Å². The van der Waals surface area contributed by atoms with E-state index in [0.717, 1.165) is 18.4 Å². The molecule has 59 heavy (non-hydrogen) atoms. The van der Waals surface area contributed by atoms with Crippen LogP contribution < -0.4 is 5.43 Å². The van der Waals surface area contributed by atoms with Gasteiger partial charge in [-0.05, 0) is 49.9 Å². The van der Waals surface area contributed by atoms with E-state index in [2.05, 4.69) is 105 Å². The molecule has 0 aliphatic heterocycles.